The number of anilines is 1. The molecular weight excluding hydrogens is 430 g/mol. The Labute approximate surface area is 196 Å². The number of rotatable bonds is 6. The second-order valence-corrected chi connectivity index (χ2v) is 8.46. The zero-order valence-corrected chi connectivity index (χ0v) is 18.6. The maximum Gasteiger partial charge on any atom is 0.384 e. The molecule has 0 radical (unpaired) electrons. The van der Waals surface area contributed by atoms with Crippen molar-refractivity contribution in [3.05, 3.63) is 88.5 Å². The van der Waals surface area contributed by atoms with Crippen LogP contribution in [0.25, 0.3) is 22.2 Å². The van der Waals surface area contributed by atoms with Gasteiger partial charge in [0.05, 0.1) is 5.39 Å². The van der Waals surface area contributed by atoms with Gasteiger partial charge in [-0.05, 0) is 59.4 Å². The van der Waals surface area contributed by atoms with Crippen molar-refractivity contribution >= 4 is 22.8 Å². The summed E-state index contributed by atoms with van der Waals surface area (Å²) in [5.41, 5.74) is 3.65. The number of carbonyl (C=O) groups is 1. The van der Waals surface area contributed by atoms with E-state index in [2.05, 4.69) is 45.6 Å². The van der Waals surface area contributed by atoms with E-state index < -0.39 is 5.69 Å². The molecule has 2 N–H and O–H groups in total. The first-order valence-electron chi connectivity index (χ1n) is 11.4. The molecule has 8 heteroatoms. The summed E-state index contributed by atoms with van der Waals surface area (Å²) in [5.74, 6) is 0.604. The number of hydrogen-bond donors (Lipinski definition) is 2. The third-order valence-electron chi connectivity index (χ3n) is 6.07. The lowest BCUT2D eigenvalue weighted by Gasteiger charge is -2.26. The number of benzene rings is 2. The number of fused-ring (bicyclic) bond motifs is 1. The van der Waals surface area contributed by atoms with E-state index in [4.69, 9.17) is 0 Å². The van der Waals surface area contributed by atoms with Crippen LogP contribution in [-0.2, 0) is 17.9 Å². The first kappa shape index (κ1) is 21.6. The average molecular weight is 456 g/mol. The van der Waals surface area contributed by atoms with Crippen molar-refractivity contribution in [3.63, 3.8) is 0 Å². The van der Waals surface area contributed by atoms with Crippen LogP contribution in [0.1, 0.15) is 30.4 Å². The van der Waals surface area contributed by atoms with E-state index in [-0.39, 0.29) is 11.6 Å². The van der Waals surface area contributed by atoms with Gasteiger partial charge < -0.3 is 15.4 Å². The summed E-state index contributed by atoms with van der Waals surface area (Å²) in [5, 5.41) is 13.7. The summed E-state index contributed by atoms with van der Waals surface area (Å²) in [6.07, 6.45) is 4.20. The van der Waals surface area contributed by atoms with Crippen LogP contribution in [0.3, 0.4) is 0 Å². The van der Waals surface area contributed by atoms with Gasteiger partial charge in [0.15, 0.2) is 5.65 Å². The van der Waals surface area contributed by atoms with Crippen LogP contribution in [0, 0.1) is 0 Å². The topological polar surface area (TPSA) is 100 Å². The maximum absolute atomic E-state index is 12.2. The number of amides is 1. The van der Waals surface area contributed by atoms with E-state index in [9.17, 15) is 14.8 Å². The smallest absolute Gasteiger partial charge is 0.384 e. The van der Waals surface area contributed by atoms with Crippen LogP contribution in [0.5, 0.6) is 0 Å². The molecule has 1 fully saturated rings. The Morgan fingerprint density at radius 3 is 2.50 bits per heavy atom. The number of nitrogens with one attached hydrogen (secondary N) is 1. The number of aromatic nitrogens is 3. The summed E-state index contributed by atoms with van der Waals surface area (Å²) in [4.78, 5) is 34.1. The molecule has 2 aromatic heterocycles. The fourth-order valence-electron chi connectivity index (χ4n) is 4.32. The molecule has 0 spiro atoms. The van der Waals surface area contributed by atoms with Crippen molar-refractivity contribution in [1.82, 2.24) is 19.6 Å². The van der Waals surface area contributed by atoms with Crippen LogP contribution < -0.4 is 11.0 Å². The highest BCUT2D eigenvalue weighted by molar-refractivity contribution is 5.86. The van der Waals surface area contributed by atoms with Crippen molar-refractivity contribution in [3.8, 4) is 11.1 Å². The molecule has 172 valence electrons. The molecule has 0 atom stereocenters. The Hall–Kier alpha value is -4.20. The van der Waals surface area contributed by atoms with Crippen molar-refractivity contribution in [2.24, 2.45) is 0 Å². The summed E-state index contributed by atoms with van der Waals surface area (Å²) in [6, 6.07) is 19.9. The minimum atomic E-state index is -0.786. The fraction of sp³-hybridized carbons (Fsp3) is 0.231. The Morgan fingerprint density at radius 1 is 0.941 bits per heavy atom. The quantitative estimate of drug-likeness (QED) is 0.429. The molecule has 1 aliphatic rings. The summed E-state index contributed by atoms with van der Waals surface area (Å²) in [6.45, 7) is 1.90. The van der Waals surface area contributed by atoms with Crippen molar-refractivity contribution < 1.29 is 10.0 Å². The lowest BCUT2D eigenvalue weighted by atomic mass is 10.0. The zero-order valence-electron chi connectivity index (χ0n) is 18.6. The molecule has 1 aliphatic heterocycles. The third kappa shape index (κ3) is 4.47. The van der Waals surface area contributed by atoms with Gasteiger partial charge in [-0.15, -0.1) is 4.73 Å². The van der Waals surface area contributed by atoms with Gasteiger partial charge in [-0.25, -0.2) is 9.78 Å². The van der Waals surface area contributed by atoms with Crippen LogP contribution in [-0.4, -0.2) is 37.3 Å². The number of likely N-dealkylation sites (tertiary alicyclic amines) is 1. The predicted molar refractivity (Wildman–Crippen MR) is 129 cm³/mol. The number of piperidine rings is 1. The molecule has 3 heterocycles. The van der Waals surface area contributed by atoms with E-state index in [1.54, 1.807) is 12.1 Å². The van der Waals surface area contributed by atoms with E-state index >= 15 is 0 Å². The maximum atomic E-state index is 12.2. The summed E-state index contributed by atoms with van der Waals surface area (Å²) >= 11 is 0. The lowest BCUT2D eigenvalue weighted by molar-refractivity contribution is -0.133. The Kier molecular flexibility index (Phi) is 5.95. The molecule has 5 rings (SSSR count). The highest BCUT2D eigenvalue weighted by Crippen LogP contribution is 2.24. The van der Waals surface area contributed by atoms with Gasteiger partial charge in [0, 0.05) is 32.3 Å². The molecule has 1 saturated heterocycles. The SMILES string of the molecule is O=C1CCCCN1Cc1cccc(-c2cccc(CNc3nc(=O)n(O)c4ncccc34)c2)c1. The van der Waals surface area contributed by atoms with Gasteiger partial charge in [-0.2, -0.15) is 4.98 Å². The van der Waals surface area contributed by atoms with Gasteiger partial charge >= 0.3 is 5.69 Å². The number of nitrogens with zero attached hydrogens (tertiary/aromatic N) is 4. The third-order valence-corrected chi connectivity index (χ3v) is 6.07. The van der Waals surface area contributed by atoms with E-state index in [0.29, 0.717) is 35.4 Å². The van der Waals surface area contributed by atoms with Gasteiger partial charge in [-0.1, -0.05) is 36.4 Å². The molecule has 0 aliphatic carbocycles. The molecule has 0 bridgehead atoms. The molecule has 2 aromatic carbocycles. The molecule has 0 saturated carbocycles. The van der Waals surface area contributed by atoms with Crippen molar-refractivity contribution in [2.45, 2.75) is 32.4 Å². The normalized spacial score (nSPS) is 13.9. The summed E-state index contributed by atoms with van der Waals surface area (Å²) < 4.78 is 0.450. The zero-order chi connectivity index (χ0) is 23.5. The van der Waals surface area contributed by atoms with Gasteiger partial charge in [0.1, 0.15) is 5.82 Å². The van der Waals surface area contributed by atoms with Crippen LogP contribution >= 0.6 is 0 Å². The van der Waals surface area contributed by atoms with E-state index in [1.165, 1.54) is 6.20 Å². The summed E-state index contributed by atoms with van der Waals surface area (Å²) in [7, 11) is 0. The Balaban J connectivity index is 1.35. The monoisotopic (exact) mass is 455 g/mol. The number of hydrogen-bond acceptors (Lipinski definition) is 6. The first-order valence-corrected chi connectivity index (χ1v) is 11.4. The highest BCUT2D eigenvalue weighted by Gasteiger charge is 2.18. The van der Waals surface area contributed by atoms with Crippen LogP contribution in [0.15, 0.2) is 71.7 Å². The number of carbonyl (C=O) groups excluding carboxylic acids is 1. The van der Waals surface area contributed by atoms with Gasteiger partial charge in [0.25, 0.3) is 0 Å². The van der Waals surface area contributed by atoms with Crippen molar-refractivity contribution in [1.29, 1.82) is 0 Å². The minimum absolute atomic E-state index is 0.155. The van der Waals surface area contributed by atoms with Crippen LogP contribution in [0.2, 0.25) is 0 Å². The average Bonchev–Trinajstić information content (AvgIpc) is 2.87. The lowest BCUT2D eigenvalue weighted by Crippen LogP contribution is -2.34. The molecule has 0 unspecified atom stereocenters. The molecule has 4 aromatic rings. The van der Waals surface area contributed by atoms with Crippen molar-refractivity contribution in [2.75, 3.05) is 11.9 Å². The standard InChI is InChI=1S/C26H25N5O3/c32-23-11-1-2-13-30(23)17-19-7-4-9-21(15-19)20-8-3-6-18(14-20)16-28-24-22-10-5-12-27-25(22)31(34)26(33)29-24/h3-10,12,14-15,34H,1-2,11,13,16-17H2,(H,28,29,33). The minimum Gasteiger partial charge on any atom is -0.422 e. The molecular formula is C26H25N5O3. The Bertz CT molecular complexity index is 1420. The predicted octanol–water partition coefficient (Wildman–Crippen LogP) is 3.82. The first-order chi connectivity index (χ1) is 16.6. The van der Waals surface area contributed by atoms with Crippen LogP contribution in [0.4, 0.5) is 5.82 Å². The number of pyridine rings is 1. The second-order valence-electron chi connectivity index (χ2n) is 8.46. The van der Waals surface area contributed by atoms with Gasteiger partial charge in [-0.3, -0.25) is 4.79 Å². The second kappa shape index (κ2) is 9.35. The molecule has 34 heavy (non-hydrogen) atoms. The van der Waals surface area contributed by atoms with E-state index in [1.807, 2.05) is 23.1 Å². The Morgan fingerprint density at radius 2 is 1.71 bits per heavy atom. The molecule has 1 amide bonds. The van der Waals surface area contributed by atoms with E-state index in [0.717, 1.165) is 41.6 Å². The highest BCUT2D eigenvalue weighted by atomic mass is 16.5. The molecule has 8 nitrogen and oxygen atoms in total. The van der Waals surface area contributed by atoms with Gasteiger partial charge in [0.2, 0.25) is 5.91 Å². The fourth-order valence-corrected chi connectivity index (χ4v) is 4.32. The largest absolute Gasteiger partial charge is 0.422 e.